The first-order valence-corrected chi connectivity index (χ1v) is 6.14. The minimum Gasteiger partial charge on any atom is -0.373 e. The molecule has 2 heterocycles. The standard InChI is InChI=1S/C12H21N5/c1-9-15-11(13-2)6-12(16-9)17(3)8-10-4-5-14-7-10/h6,10,14H,4-5,7-8H2,1-3H3,(H,13,15,16). The highest BCUT2D eigenvalue weighted by atomic mass is 15.2. The van der Waals surface area contributed by atoms with Crippen LogP contribution in [0.25, 0.3) is 0 Å². The molecule has 0 bridgehead atoms. The predicted molar refractivity (Wildman–Crippen MR) is 70.6 cm³/mol. The Hall–Kier alpha value is -1.36. The van der Waals surface area contributed by atoms with E-state index in [1.807, 2.05) is 20.0 Å². The van der Waals surface area contributed by atoms with Gasteiger partial charge in [0.1, 0.15) is 17.5 Å². The van der Waals surface area contributed by atoms with Crippen LogP contribution in [0.3, 0.4) is 0 Å². The Kier molecular flexibility index (Phi) is 3.78. The number of nitrogens with one attached hydrogen (secondary N) is 2. The Labute approximate surface area is 103 Å². The maximum absolute atomic E-state index is 4.48. The van der Waals surface area contributed by atoms with E-state index in [2.05, 4.69) is 32.5 Å². The van der Waals surface area contributed by atoms with E-state index in [1.54, 1.807) is 0 Å². The van der Waals surface area contributed by atoms with Crippen LogP contribution in [0.2, 0.25) is 0 Å². The summed E-state index contributed by atoms with van der Waals surface area (Å²) in [7, 11) is 3.98. The molecule has 1 aliphatic heterocycles. The minimum absolute atomic E-state index is 0.730. The zero-order valence-corrected chi connectivity index (χ0v) is 10.8. The van der Waals surface area contributed by atoms with Crippen LogP contribution in [0.5, 0.6) is 0 Å². The number of rotatable bonds is 4. The van der Waals surface area contributed by atoms with E-state index in [0.717, 1.165) is 43.0 Å². The third kappa shape index (κ3) is 3.06. The third-order valence-corrected chi connectivity index (χ3v) is 3.17. The molecule has 0 saturated carbocycles. The number of aromatic nitrogens is 2. The van der Waals surface area contributed by atoms with Crippen molar-refractivity contribution in [3.05, 3.63) is 11.9 Å². The molecule has 1 aromatic heterocycles. The lowest BCUT2D eigenvalue weighted by Crippen LogP contribution is -2.27. The average Bonchev–Trinajstić information content (AvgIpc) is 2.81. The van der Waals surface area contributed by atoms with Gasteiger partial charge in [0.15, 0.2) is 0 Å². The molecule has 2 rings (SSSR count). The Morgan fingerprint density at radius 3 is 3.00 bits per heavy atom. The molecule has 1 aromatic rings. The summed E-state index contributed by atoms with van der Waals surface area (Å²) in [6.07, 6.45) is 1.26. The van der Waals surface area contributed by atoms with Crippen LogP contribution in [-0.4, -0.2) is 43.7 Å². The molecule has 1 saturated heterocycles. The summed E-state index contributed by atoms with van der Waals surface area (Å²) >= 11 is 0. The molecule has 2 N–H and O–H groups in total. The Morgan fingerprint density at radius 2 is 2.35 bits per heavy atom. The molecule has 17 heavy (non-hydrogen) atoms. The van der Waals surface area contributed by atoms with Gasteiger partial charge in [-0.1, -0.05) is 0 Å². The maximum Gasteiger partial charge on any atom is 0.134 e. The van der Waals surface area contributed by atoms with Gasteiger partial charge in [-0.2, -0.15) is 0 Å². The second-order valence-corrected chi connectivity index (χ2v) is 4.65. The van der Waals surface area contributed by atoms with Gasteiger partial charge in [0.05, 0.1) is 0 Å². The van der Waals surface area contributed by atoms with Crippen LogP contribution in [0.15, 0.2) is 6.07 Å². The van der Waals surface area contributed by atoms with Crippen LogP contribution in [0, 0.1) is 12.8 Å². The fourth-order valence-corrected chi connectivity index (χ4v) is 2.23. The second-order valence-electron chi connectivity index (χ2n) is 4.65. The summed E-state index contributed by atoms with van der Waals surface area (Å²) in [4.78, 5) is 11.0. The quantitative estimate of drug-likeness (QED) is 0.811. The number of hydrogen-bond donors (Lipinski definition) is 2. The molecule has 1 unspecified atom stereocenters. The Morgan fingerprint density at radius 1 is 1.53 bits per heavy atom. The van der Waals surface area contributed by atoms with Crippen LogP contribution in [0.4, 0.5) is 11.6 Å². The molecule has 5 heteroatoms. The number of anilines is 2. The fraction of sp³-hybridized carbons (Fsp3) is 0.667. The highest BCUT2D eigenvalue weighted by Gasteiger charge is 2.17. The zero-order chi connectivity index (χ0) is 12.3. The SMILES string of the molecule is CNc1cc(N(C)CC2CCNC2)nc(C)n1. The van der Waals surface area contributed by atoms with Crippen LogP contribution >= 0.6 is 0 Å². The largest absolute Gasteiger partial charge is 0.373 e. The molecule has 5 nitrogen and oxygen atoms in total. The smallest absolute Gasteiger partial charge is 0.134 e. The molecule has 0 aromatic carbocycles. The Bertz CT molecular complexity index is 373. The highest BCUT2D eigenvalue weighted by molar-refractivity contribution is 5.48. The molecular weight excluding hydrogens is 214 g/mol. The summed E-state index contributed by atoms with van der Waals surface area (Å²) in [5.74, 6) is 3.41. The number of nitrogens with zero attached hydrogens (tertiary/aromatic N) is 3. The molecule has 1 aliphatic rings. The molecule has 0 aliphatic carbocycles. The minimum atomic E-state index is 0.730. The third-order valence-electron chi connectivity index (χ3n) is 3.17. The van der Waals surface area contributed by atoms with Gasteiger partial charge in [-0.15, -0.1) is 0 Å². The highest BCUT2D eigenvalue weighted by Crippen LogP contribution is 2.17. The Balaban J connectivity index is 2.06. The van der Waals surface area contributed by atoms with Crippen molar-refractivity contribution in [3.63, 3.8) is 0 Å². The summed E-state index contributed by atoms with van der Waals surface area (Å²) < 4.78 is 0. The topological polar surface area (TPSA) is 53.1 Å². The van der Waals surface area contributed by atoms with Crippen molar-refractivity contribution in [2.45, 2.75) is 13.3 Å². The van der Waals surface area contributed by atoms with Gasteiger partial charge in [0.25, 0.3) is 0 Å². The van der Waals surface area contributed by atoms with Gasteiger partial charge < -0.3 is 15.5 Å². The first-order valence-electron chi connectivity index (χ1n) is 6.14. The molecule has 0 radical (unpaired) electrons. The average molecular weight is 235 g/mol. The first-order chi connectivity index (χ1) is 8.19. The van der Waals surface area contributed by atoms with E-state index in [9.17, 15) is 0 Å². The van der Waals surface area contributed by atoms with Crippen molar-refractivity contribution >= 4 is 11.6 Å². The van der Waals surface area contributed by atoms with Crippen molar-refractivity contribution in [2.24, 2.45) is 5.92 Å². The maximum atomic E-state index is 4.48. The van der Waals surface area contributed by atoms with Crippen LogP contribution in [0.1, 0.15) is 12.2 Å². The van der Waals surface area contributed by atoms with Crippen LogP contribution < -0.4 is 15.5 Å². The van der Waals surface area contributed by atoms with Crippen molar-refractivity contribution in [1.82, 2.24) is 15.3 Å². The monoisotopic (exact) mass is 235 g/mol. The lowest BCUT2D eigenvalue weighted by atomic mass is 10.1. The van der Waals surface area contributed by atoms with E-state index in [-0.39, 0.29) is 0 Å². The fourth-order valence-electron chi connectivity index (χ4n) is 2.23. The van der Waals surface area contributed by atoms with E-state index in [1.165, 1.54) is 6.42 Å². The first kappa shape index (κ1) is 12.1. The van der Waals surface area contributed by atoms with Gasteiger partial charge in [-0.25, -0.2) is 9.97 Å². The predicted octanol–water partition coefficient (Wildman–Crippen LogP) is 0.872. The van der Waals surface area contributed by atoms with Crippen molar-refractivity contribution in [2.75, 3.05) is 43.9 Å². The molecule has 1 atom stereocenters. The van der Waals surface area contributed by atoms with Crippen molar-refractivity contribution in [3.8, 4) is 0 Å². The molecule has 0 spiro atoms. The van der Waals surface area contributed by atoms with E-state index >= 15 is 0 Å². The molecule has 1 fully saturated rings. The van der Waals surface area contributed by atoms with Crippen LogP contribution in [-0.2, 0) is 0 Å². The lowest BCUT2D eigenvalue weighted by molar-refractivity contribution is 0.575. The van der Waals surface area contributed by atoms with E-state index < -0.39 is 0 Å². The summed E-state index contributed by atoms with van der Waals surface area (Å²) in [6.45, 7) is 5.23. The number of hydrogen-bond acceptors (Lipinski definition) is 5. The summed E-state index contributed by atoms with van der Waals surface area (Å²) in [5, 5.41) is 6.46. The molecule has 0 amide bonds. The van der Waals surface area contributed by atoms with Gasteiger partial charge in [-0.3, -0.25) is 0 Å². The normalized spacial score (nSPS) is 19.4. The molecular formula is C12H21N5. The summed E-state index contributed by atoms with van der Waals surface area (Å²) in [5.41, 5.74) is 0. The van der Waals surface area contributed by atoms with E-state index in [0.29, 0.717) is 0 Å². The summed E-state index contributed by atoms with van der Waals surface area (Å²) in [6, 6.07) is 2.00. The number of aryl methyl sites for hydroxylation is 1. The van der Waals surface area contributed by atoms with E-state index in [4.69, 9.17) is 0 Å². The van der Waals surface area contributed by atoms with Crippen molar-refractivity contribution < 1.29 is 0 Å². The van der Waals surface area contributed by atoms with Gasteiger partial charge >= 0.3 is 0 Å². The van der Waals surface area contributed by atoms with Gasteiger partial charge in [0.2, 0.25) is 0 Å². The van der Waals surface area contributed by atoms with Gasteiger partial charge in [-0.05, 0) is 32.4 Å². The molecule has 94 valence electrons. The van der Waals surface area contributed by atoms with Gasteiger partial charge in [0, 0.05) is 26.7 Å². The lowest BCUT2D eigenvalue weighted by Gasteiger charge is -2.22. The zero-order valence-electron chi connectivity index (χ0n) is 10.8. The van der Waals surface area contributed by atoms with Crippen molar-refractivity contribution in [1.29, 1.82) is 0 Å². The second kappa shape index (κ2) is 5.31.